The summed E-state index contributed by atoms with van der Waals surface area (Å²) in [5.74, 6) is 0. The Kier molecular flexibility index (Phi) is 13.5. The molecule has 0 spiro atoms. The van der Waals surface area contributed by atoms with Crippen LogP contribution in [0.15, 0.2) is 30.6 Å². The third-order valence-corrected chi connectivity index (χ3v) is 5.28. The zero-order valence-electron chi connectivity index (χ0n) is 18.8. The van der Waals surface area contributed by atoms with Crippen molar-refractivity contribution in [3.05, 3.63) is 30.6 Å². The molecule has 0 aliphatic heterocycles. The second-order valence-electron chi connectivity index (χ2n) is 8.02. The van der Waals surface area contributed by atoms with Gasteiger partial charge in [-0.2, -0.15) is 0 Å². The van der Waals surface area contributed by atoms with Gasteiger partial charge in [0, 0.05) is 0 Å². The lowest BCUT2D eigenvalue weighted by Crippen LogP contribution is -2.32. The van der Waals surface area contributed by atoms with Crippen LogP contribution in [0.1, 0.15) is 90.9 Å². The SMILES string of the molecule is CCCCCCCCn1c[n+](CCCCCCCC)c2ccccc21.F[B-](F)(F)F. The molecule has 2 aromatic rings. The summed E-state index contributed by atoms with van der Waals surface area (Å²) in [4.78, 5) is 0. The quantitative estimate of drug-likeness (QED) is 0.124. The Morgan fingerprint density at radius 3 is 1.83 bits per heavy atom. The van der Waals surface area contributed by atoms with Gasteiger partial charge in [0.25, 0.3) is 0 Å². The van der Waals surface area contributed by atoms with E-state index in [0.29, 0.717) is 0 Å². The number of aryl methyl sites for hydroxylation is 2. The molecule has 0 saturated carbocycles. The minimum absolute atomic E-state index is 1.16. The van der Waals surface area contributed by atoms with Gasteiger partial charge in [-0.05, 0) is 37.8 Å². The lowest BCUT2D eigenvalue weighted by atomic mass is 10.1. The largest absolute Gasteiger partial charge is 0.673 e. The van der Waals surface area contributed by atoms with Crippen LogP contribution < -0.4 is 4.57 Å². The van der Waals surface area contributed by atoms with Crippen LogP contribution in [-0.4, -0.2) is 11.8 Å². The molecule has 0 unspecified atom stereocenters. The zero-order valence-corrected chi connectivity index (χ0v) is 18.8. The van der Waals surface area contributed by atoms with Gasteiger partial charge in [0.2, 0.25) is 6.33 Å². The first-order chi connectivity index (χ1) is 14.4. The molecule has 0 fully saturated rings. The zero-order chi connectivity index (χ0) is 22.2. The molecule has 0 radical (unpaired) electrons. The smallest absolute Gasteiger partial charge is 0.418 e. The van der Waals surface area contributed by atoms with Crippen LogP contribution in [0.5, 0.6) is 0 Å². The molecule has 1 aromatic heterocycles. The molecule has 1 aromatic carbocycles. The number of benzene rings is 1. The van der Waals surface area contributed by atoms with Crippen molar-refractivity contribution in [1.82, 2.24) is 4.57 Å². The first kappa shape index (κ1) is 26.5. The minimum atomic E-state index is -6.00. The molecule has 2 nitrogen and oxygen atoms in total. The normalized spacial score (nSPS) is 11.5. The van der Waals surface area contributed by atoms with Gasteiger partial charge in [0.15, 0.2) is 11.0 Å². The summed E-state index contributed by atoms with van der Waals surface area (Å²) in [5.41, 5.74) is 2.81. The molecule has 0 saturated heterocycles. The van der Waals surface area contributed by atoms with Gasteiger partial charge in [-0.15, -0.1) is 0 Å². The maximum absolute atomic E-state index is 9.75. The second-order valence-corrected chi connectivity index (χ2v) is 8.02. The number of halogens is 4. The van der Waals surface area contributed by atoms with Crippen LogP contribution in [0.2, 0.25) is 0 Å². The van der Waals surface area contributed by atoms with Crippen LogP contribution in [-0.2, 0) is 13.1 Å². The first-order valence-corrected chi connectivity index (χ1v) is 11.7. The Balaban J connectivity index is 0.000000804. The molecule has 7 heteroatoms. The summed E-state index contributed by atoms with van der Waals surface area (Å²) in [7, 11) is -6.00. The number of rotatable bonds is 14. The summed E-state index contributed by atoms with van der Waals surface area (Å²) < 4.78 is 44.0. The number of para-hydroxylation sites is 2. The molecular weight excluding hydrogens is 391 g/mol. The molecule has 1 heterocycles. The van der Waals surface area contributed by atoms with Gasteiger partial charge < -0.3 is 17.3 Å². The van der Waals surface area contributed by atoms with Crippen LogP contribution in [0.25, 0.3) is 11.0 Å². The third-order valence-electron chi connectivity index (χ3n) is 5.28. The summed E-state index contributed by atoms with van der Waals surface area (Å²) >= 11 is 0. The van der Waals surface area contributed by atoms with Crippen molar-refractivity contribution in [3.63, 3.8) is 0 Å². The highest BCUT2D eigenvalue weighted by Crippen LogP contribution is 2.14. The van der Waals surface area contributed by atoms with Crippen molar-refractivity contribution in [2.75, 3.05) is 0 Å². The number of hydrogen-bond donors (Lipinski definition) is 0. The average molecular weight is 430 g/mol. The van der Waals surface area contributed by atoms with Crippen LogP contribution in [0.3, 0.4) is 0 Å². The van der Waals surface area contributed by atoms with Gasteiger partial charge in [-0.3, -0.25) is 0 Å². The predicted molar refractivity (Wildman–Crippen MR) is 119 cm³/mol. The van der Waals surface area contributed by atoms with Gasteiger partial charge in [0.1, 0.15) is 0 Å². The van der Waals surface area contributed by atoms with Crippen LogP contribution >= 0.6 is 0 Å². The van der Waals surface area contributed by atoms with Gasteiger partial charge in [-0.25, -0.2) is 9.13 Å². The fraction of sp³-hybridized carbons (Fsp3) is 0.696. The number of hydrogen-bond acceptors (Lipinski definition) is 0. The number of imidazole rings is 1. The summed E-state index contributed by atoms with van der Waals surface area (Å²) in [5, 5.41) is 0. The van der Waals surface area contributed by atoms with Gasteiger partial charge >= 0.3 is 7.25 Å². The van der Waals surface area contributed by atoms with E-state index in [9.17, 15) is 17.3 Å². The molecule has 172 valence electrons. The molecule has 0 atom stereocenters. The molecule has 2 rings (SSSR count). The van der Waals surface area contributed by atoms with Gasteiger partial charge in [0.05, 0.1) is 13.1 Å². The number of nitrogens with zero attached hydrogens (tertiary/aromatic N) is 2. The molecule has 0 N–H and O–H groups in total. The van der Waals surface area contributed by atoms with E-state index >= 15 is 0 Å². The lowest BCUT2D eigenvalue weighted by molar-refractivity contribution is -0.672. The van der Waals surface area contributed by atoms with Crippen molar-refractivity contribution in [2.45, 2.75) is 104 Å². The first-order valence-electron chi connectivity index (χ1n) is 11.7. The topological polar surface area (TPSA) is 8.81 Å². The molecule has 0 aliphatic rings. The Morgan fingerprint density at radius 1 is 0.733 bits per heavy atom. The molecule has 0 aliphatic carbocycles. The highest BCUT2D eigenvalue weighted by atomic mass is 19.5. The van der Waals surface area contributed by atoms with Crippen molar-refractivity contribution >= 4 is 18.3 Å². The molecule has 0 bridgehead atoms. The van der Waals surface area contributed by atoms with E-state index in [-0.39, 0.29) is 0 Å². The minimum Gasteiger partial charge on any atom is -0.418 e. The van der Waals surface area contributed by atoms with Crippen molar-refractivity contribution in [1.29, 1.82) is 0 Å². The highest BCUT2D eigenvalue weighted by Gasteiger charge is 2.20. The maximum atomic E-state index is 9.75. The standard InChI is InChI=1S/C23H39N2.BF4/c1-3-5-7-9-11-15-19-24-21-25(20-16-12-10-8-6-4-2)23-18-14-13-17-22(23)24;2-1(3,4)5/h13-14,17-18,21H,3-12,15-16,19-20H2,1-2H3;/q+1;-1. The second kappa shape index (κ2) is 15.3. The Morgan fingerprint density at radius 2 is 1.23 bits per heavy atom. The van der Waals surface area contributed by atoms with Crippen molar-refractivity contribution in [2.24, 2.45) is 0 Å². The summed E-state index contributed by atoms with van der Waals surface area (Å²) in [6.45, 7) is 6.90. The number of unbranched alkanes of at least 4 members (excludes halogenated alkanes) is 10. The third kappa shape index (κ3) is 12.2. The molecule has 0 amide bonds. The average Bonchev–Trinajstić information content (AvgIpc) is 3.04. The number of aromatic nitrogens is 2. The fourth-order valence-corrected chi connectivity index (χ4v) is 3.72. The van der Waals surface area contributed by atoms with E-state index in [4.69, 9.17) is 0 Å². The summed E-state index contributed by atoms with van der Waals surface area (Å²) in [6.07, 6.45) is 18.8. The van der Waals surface area contributed by atoms with E-state index in [1.807, 2.05) is 0 Å². The Labute approximate surface area is 179 Å². The predicted octanol–water partition coefficient (Wildman–Crippen LogP) is 7.95. The van der Waals surface area contributed by atoms with Crippen LogP contribution in [0.4, 0.5) is 17.3 Å². The highest BCUT2D eigenvalue weighted by molar-refractivity contribution is 6.50. The Hall–Kier alpha value is -1.53. The lowest BCUT2D eigenvalue weighted by Gasteiger charge is -2.00. The van der Waals surface area contributed by atoms with E-state index in [1.54, 1.807) is 0 Å². The molecule has 30 heavy (non-hydrogen) atoms. The molecular formula is C23H39BF4N2. The van der Waals surface area contributed by atoms with E-state index in [2.05, 4.69) is 53.6 Å². The fourth-order valence-electron chi connectivity index (χ4n) is 3.72. The van der Waals surface area contributed by atoms with E-state index in [0.717, 1.165) is 13.1 Å². The van der Waals surface area contributed by atoms with Crippen LogP contribution in [0, 0.1) is 0 Å². The Bertz CT molecular complexity index is 629. The summed E-state index contributed by atoms with van der Waals surface area (Å²) in [6, 6.07) is 8.92. The van der Waals surface area contributed by atoms with E-state index in [1.165, 1.54) is 88.1 Å². The van der Waals surface area contributed by atoms with E-state index < -0.39 is 7.25 Å². The maximum Gasteiger partial charge on any atom is 0.673 e. The van der Waals surface area contributed by atoms with Crippen molar-refractivity contribution in [3.8, 4) is 0 Å². The monoisotopic (exact) mass is 430 g/mol. The van der Waals surface area contributed by atoms with Gasteiger partial charge in [-0.1, -0.05) is 77.3 Å². The van der Waals surface area contributed by atoms with Crippen molar-refractivity contribution < 1.29 is 21.8 Å². The number of fused-ring (bicyclic) bond motifs is 1.